The van der Waals surface area contributed by atoms with Crippen molar-refractivity contribution in [3.63, 3.8) is 0 Å². The SMILES string of the molecule is Cc1cc(-c2cnc3[nH]cc(/C=C/C(N)=O)c3n2)ccc1C(C)C. The van der Waals surface area contributed by atoms with Crippen molar-refractivity contribution < 1.29 is 4.79 Å². The van der Waals surface area contributed by atoms with Gasteiger partial charge in [0.1, 0.15) is 5.52 Å². The number of aromatic amines is 1. The van der Waals surface area contributed by atoms with Crippen LogP contribution >= 0.6 is 0 Å². The Morgan fingerprint density at radius 2 is 2.12 bits per heavy atom. The fourth-order valence-corrected chi connectivity index (χ4v) is 2.83. The number of carbonyl (C=O) groups excluding carboxylic acids is 1. The van der Waals surface area contributed by atoms with E-state index in [1.807, 2.05) is 0 Å². The van der Waals surface area contributed by atoms with Crippen molar-refractivity contribution in [2.45, 2.75) is 26.7 Å². The molecule has 0 spiro atoms. The number of H-pyrrole nitrogens is 1. The van der Waals surface area contributed by atoms with E-state index in [-0.39, 0.29) is 0 Å². The number of hydrogen-bond donors (Lipinski definition) is 2. The lowest BCUT2D eigenvalue weighted by atomic mass is 9.95. The number of benzene rings is 1. The second-order valence-electron chi connectivity index (χ2n) is 6.16. The van der Waals surface area contributed by atoms with Crippen molar-refractivity contribution >= 4 is 23.1 Å². The second-order valence-corrected chi connectivity index (χ2v) is 6.16. The van der Waals surface area contributed by atoms with Crippen LogP contribution in [0.15, 0.2) is 36.7 Å². The van der Waals surface area contributed by atoms with Crippen molar-refractivity contribution in [3.05, 3.63) is 53.4 Å². The second kappa shape index (κ2) is 6.28. The third-order valence-corrected chi connectivity index (χ3v) is 4.03. The van der Waals surface area contributed by atoms with Gasteiger partial charge in [0, 0.05) is 23.4 Å². The van der Waals surface area contributed by atoms with E-state index >= 15 is 0 Å². The van der Waals surface area contributed by atoms with E-state index in [9.17, 15) is 4.79 Å². The van der Waals surface area contributed by atoms with Crippen LogP contribution in [0.3, 0.4) is 0 Å². The average molecular weight is 320 g/mol. The standard InChI is InChI=1S/C19H20N4O/c1-11(2)15-6-4-13(8-12(15)3)16-10-22-19-18(23-16)14(9-21-19)5-7-17(20)24/h4-11H,1-3H3,(H2,20,24)(H,21,22)/b7-5+. The van der Waals surface area contributed by atoms with Gasteiger partial charge in [0.2, 0.25) is 5.91 Å². The van der Waals surface area contributed by atoms with Gasteiger partial charge in [-0.15, -0.1) is 0 Å². The maximum atomic E-state index is 10.9. The zero-order chi connectivity index (χ0) is 17.3. The summed E-state index contributed by atoms with van der Waals surface area (Å²) in [5, 5.41) is 0. The molecule has 3 rings (SSSR count). The first-order chi connectivity index (χ1) is 11.5. The summed E-state index contributed by atoms with van der Waals surface area (Å²) in [5.41, 5.74) is 11.7. The minimum Gasteiger partial charge on any atom is -0.366 e. The lowest BCUT2D eigenvalue weighted by Crippen LogP contribution is -2.05. The van der Waals surface area contributed by atoms with Crippen LogP contribution in [-0.4, -0.2) is 20.9 Å². The maximum Gasteiger partial charge on any atom is 0.241 e. The molecule has 0 aliphatic carbocycles. The first-order valence-electron chi connectivity index (χ1n) is 7.88. The van der Waals surface area contributed by atoms with Crippen LogP contribution in [0.5, 0.6) is 0 Å². The largest absolute Gasteiger partial charge is 0.366 e. The number of aromatic nitrogens is 3. The van der Waals surface area contributed by atoms with E-state index in [0.29, 0.717) is 11.6 Å². The molecule has 0 saturated carbocycles. The van der Waals surface area contributed by atoms with E-state index in [1.54, 1.807) is 18.5 Å². The summed E-state index contributed by atoms with van der Waals surface area (Å²) >= 11 is 0. The Kier molecular flexibility index (Phi) is 4.16. The molecule has 0 atom stereocenters. The van der Waals surface area contributed by atoms with Gasteiger partial charge in [0.05, 0.1) is 11.9 Å². The molecule has 122 valence electrons. The third kappa shape index (κ3) is 3.06. The van der Waals surface area contributed by atoms with Gasteiger partial charge in [0.15, 0.2) is 5.65 Å². The molecular formula is C19H20N4O. The number of nitrogens with one attached hydrogen (secondary N) is 1. The highest BCUT2D eigenvalue weighted by molar-refractivity contribution is 5.93. The molecule has 5 heteroatoms. The lowest BCUT2D eigenvalue weighted by molar-refractivity contribution is -0.113. The van der Waals surface area contributed by atoms with Gasteiger partial charge < -0.3 is 10.7 Å². The topological polar surface area (TPSA) is 84.7 Å². The van der Waals surface area contributed by atoms with Crippen LogP contribution in [0, 0.1) is 6.92 Å². The Morgan fingerprint density at radius 3 is 2.79 bits per heavy atom. The van der Waals surface area contributed by atoms with Crippen LogP contribution in [-0.2, 0) is 4.79 Å². The molecule has 0 aliphatic heterocycles. The molecule has 24 heavy (non-hydrogen) atoms. The zero-order valence-electron chi connectivity index (χ0n) is 14.0. The predicted molar refractivity (Wildman–Crippen MR) is 96.4 cm³/mol. The first kappa shape index (κ1) is 15.9. The fraction of sp³-hybridized carbons (Fsp3) is 0.211. The van der Waals surface area contributed by atoms with Gasteiger partial charge in [-0.1, -0.05) is 26.0 Å². The molecule has 0 saturated heterocycles. The van der Waals surface area contributed by atoms with Gasteiger partial charge in [-0.25, -0.2) is 9.97 Å². The zero-order valence-corrected chi connectivity index (χ0v) is 14.0. The van der Waals surface area contributed by atoms with Crippen LogP contribution in [0.25, 0.3) is 28.5 Å². The Labute approximate surface area is 140 Å². The Bertz CT molecular complexity index is 938. The normalized spacial score (nSPS) is 11.7. The van der Waals surface area contributed by atoms with Crippen LogP contribution in [0.2, 0.25) is 0 Å². The highest BCUT2D eigenvalue weighted by Crippen LogP contribution is 2.26. The Hall–Kier alpha value is -2.95. The number of fused-ring (bicyclic) bond motifs is 1. The summed E-state index contributed by atoms with van der Waals surface area (Å²) in [5.74, 6) is -0.00353. The summed E-state index contributed by atoms with van der Waals surface area (Å²) in [6.45, 7) is 6.48. The molecule has 3 N–H and O–H groups in total. The molecule has 0 radical (unpaired) electrons. The molecule has 0 aliphatic rings. The molecule has 1 amide bonds. The van der Waals surface area contributed by atoms with E-state index in [4.69, 9.17) is 10.7 Å². The van der Waals surface area contributed by atoms with Crippen LogP contribution in [0.4, 0.5) is 0 Å². The van der Waals surface area contributed by atoms with Crippen molar-refractivity contribution in [2.24, 2.45) is 5.73 Å². The Balaban J connectivity index is 2.06. The average Bonchev–Trinajstić information content (AvgIpc) is 2.94. The number of amides is 1. The van der Waals surface area contributed by atoms with Crippen molar-refractivity contribution in [2.75, 3.05) is 0 Å². The monoisotopic (exact) mass is 320 g/mol. The molecule has 2 aromatic heterocycles. The minimum atomic E-state index is -0.492. The van der Waals surface area contributed by atoms with Gasteiger partial charge in [-0.3, -0.25) is 4.79 Å². The number of primary amides is 1. The number of aryl methyl sites for hydroxylation is 1. The van der Waals surface area contributed by atoms with Gasteiger partial charge in [0.25, 0.3) is 0 Å². The molecule has 1 aromatic carbocycles. The number of carbonyl (C=O) groups is 1. The molecule has 0 fully saturated rings. The van der Waals surface area contributed by atoms with Crippen molar-refractivity contribution in [1.29, 1.82) is 0 Å². The van der Waals surface area contributed by atoms with Crippen LogP contribution < -0.4 is 5.73 Å². The van der Waals surface area contributed by atoms with Gasteiger partial charge in [-0.2, -0.15) is 0 Å². The highest BCUT2D eigenvalue weighted by atomic mass is 16.1. The van der Waals surface area contributed by atoms with Crippen molar-refractivity contribution in [1.82, 2.24) is 15.0 Å². The van der Waals surface area contributed by atoms with Gasteiger partial charge in [-0.05, 0) is 36.1 Å². The number of rotatable bonds is 4. The predicted octanol–water partition coefficient (Wildman–Crippen LogP) is 3.56. The quantitative estimate of drug-likeness (QED) is 0.721. The number of nitrogens with zero attached hydrogens (tertiary/aromatic N) is 2. The molecule has 0 unspecified atom stereocenters. The summed E-state index contributed by atoms with van der Waals surface area (Å²) in [6.07, 6.45) is 6.48. The molecule has 3 aromatic rings. The molecule has 0 bridgehead atoms. The summed E-state index contributed by atoms with van der Waals surface area (Å²) in [4.78, 5) is 23.1. The third-order valence-electron chi connectivity index (χ3n) is 4.03. The fourth-order valence-electron chi connectivity index (χ4n) is 2.83. The molecule has 2 heterocycles. The minimum absolute atomic E-state index is 0.489. The van der Waals surface area contributed by atoms with Crippen LogP contribution in [0.1, 0.15) is 36.5 Å². The van der Waals surface area contributed by atoms with E-state index < -0.39 is 5.91 Å². The number of nitrogens with two attached hydrogens (primary N) is 1. The smallest absolute Gasteiger partial charge is 0.241 e. The first-order valence-corrected chi connectivity index (χ1v) is 7.88. The van der Waals surface area contributed by atoms with Crippen molar-refractivity contribution in [3.8, 4) is 11.3 Å². The molecule has 5 nitrogen and oxygen atoms in total. The summed E-state index contributed by atoms with van der Waals surface area (Å²) in [7, 11) is 0. The summed E-state index contributed by atoms with van der Waals surface area (Å²) in [6, 6.07) is 6.35. The lowest BCUT2D eigenvalue weighted by Gasteiger charge is -2.11. The summed E-state index contributed by atoms with van der Waals surface area (Å²) < 4.78 is 0. The number of hydrogen-bond acceptors (Lipinski definition) is 3. The van der Waals surface area contributed by atoms with Gasteiger partial charge >= 0.3 is 0 Å². The maximum absolute atomic E-state index is 10.9. The van der Waals surface area contributed by atoms with E-state index in [1.165, 1.54) is 17.2 Å². The van der Waals surface area contributed by atoms with E-state index in [0.717, 1.165) is 22.3 Å². The Morgan fingerprint density at radius 1 is 1.33 bits per heavy atom. The highest BCUT2D eigenvalue weighted by Gasteiger charge is 2.10. The van der Waals surface area contributed by atoms with E-state index in [2.05, 4.69) is 48.9 Å². The molecular weight excluding hydrogens is 300 g/mol.